The Morgan fingerprint density at radius 1 is 1.40 bits per heavy atom. The molecule has 2 atom stereocenters. The van der Waals surface area contributed by atoms with Gasteiger partial charge in [-0.1, -0.05) is 25.5 Å². The fraction of sp³-hybridized carbons (Fsp3) is 0.800. The van der Waals surface area contributed by atoms with Crippen molar-refractivity contribution in [3.8, 4) is 0 Å². The van der Waals surface area contributed by atoms with E-state index in [-0.39, 0.29) is 0 Å². The second-order valence-corrected chi connectivity index (χ2v) is 4.13. The first kappa shape index (κ1) is 6.45. The topological polar surface area (TPSA) is 0 Å². The van der Waals surface area contributed by atoms with Crippen molar-refractivity contribution >= 4 is 0 Å². The number of rotatable bonds is 1. The highest BCUT2D eigenvalue weighted by molar-refractivity contribution is 5.15. The van der Waals surface area contributed by atoms with Crippen molar-refractivity contribution in [2.75, 3.05) is 0 Å². The Bertz CT molecular complexity index is 165. The van der Waals surface area contributed by atoms with E-state index in [4.69, 9.17) is 0 Å². The smallest absolute Gasteiger partial charge is 0.0260 e. The van der Waals surface area contributed by atoms with E-state index >= 15 is 0 Å². The molecule has 0 heterocycles. The molecule has 1 saturated carbocycles. The first-order chi connectivity index (χ1) is 4.77. The summed E-state index contributed by atoms with van der Waals surface area (Å²) < 4.78 is 0. The molecular formula is C10H16. The standard InChI is InChI=1S/C10H16/c1-7(2)8-3-4-9-6-10(9)5-8/h3,7,9-10H,4-6H2,1-2H3. The second kappa shape index (κ2) is 2.11. The third-order valence-electron chi connectivity index (χ3n) is 2.99. The molecule has 10 heavy (non-hydrogen) atoms. The Hall–Kier alpha value is -0.260. The highest BCUT2D eigenvalue weighted by Crippen LogP contribution is 2.50. The molecule has 56 valence electrons. The zero-order valence-electron chi connectivity index (χ0n) is 6.93. The van der Waals surface area contributed by atoms with Gasteiger partial charge in [0.2, 0.25) is 0 Å². The molecule has 0 nitrogen and oxygen atoms in total. The van der Waals surface area contributed by atoms with E-state index in [1.54, 1.807) is 5.57 Å². The van der Waals surface area contributed by atoms with Gasteiger partial charge < -0.3 is 0 Å². The predicted octanol–water partition coefficient (Wildman–Crippen LogP) is 3.00. The van der Waals surface area contributed by atoms with E-state index in [2.05, 4.69) is 19.9 Å². The number of allylic oxidation sites excluding steroid dienone is 2. The SMILES string of the molecule is CC(C)C1=CCC2CC2C1. The molecule has 2 rings (SSSR count). The minimum absolute atomic E-state index is 0.807. The summed E-state index contributed by atoms with van der Waals surface area (Å²) in [6.45, 7) is 4.63. The lowest BCUT2D eigenvalue weighted by Crippen LogP contribution is -2.00. The lowest BCUT2D eigenvalue weighted by Gasteiger charge is -2.14. The van der Waals surface area contributed by atoms with Gasteiger partial charge in [0.25, 0.3) is 0 Å². The van der Waals surface area contributed by atoms with E-state index in [0.29, 0.717) is 0 Å². The van der Waals surface area contributed by atoms with Gasteiger partial charge in [0, 0.05) is 0 Å². The molecule has 0 spiro atoms. The molecule has 0 N–H and O–H groups in total. The lowest BCUT2D eigenvalue weighted by molar-refractivity contribution is 0.596. The first-order valence-electron chi connectivity index (χ1n) is 4.46. The van der Waals surface area contributed by atoms with Gasteiger partial charge in [-0.25, -0.2) is 0 Å². The van der Waals surface area contributed by atoms with Crippen LogP contribution >= 0.6 is 0 Å². The van der Waals surface area contributed by atoms with Gasteiger partial charge in [0.05, 0.1) is 0 Å². The molecule has 0 aromatic heterocycles. The average molecular weight is 136 g/mol. The van der Waals surface area contributed by atoms with Crippen molar-refractivity contribution in [2.45, 2.75) is 33.1 Å². The van der Waals surface area contributed by atoms with Gasteiger partial charge in [0.15, 0.2) is 0 Å². The van der Waals surface area contributed by atoms with Crippen LogP contribution in [0.1, 0.15) is 33.1 Å². The Kier molecular flexibility index (Phi) is 1.36. The Balaban J connectivity index is 2.03. The molecule has 0 amide bonds. The van der Waals surface area contributed by atoms with Crippen molar-refractivity contribution in [1.29, 1.82) is 0 Å². The second-order valence-electron chi connectivity index (χ2n) is 4.13. The molecule has 0 heteroatoms. The largest absolute Gasteiger partial charge is 0.0848 e. The molecule has 2 aliphatic rings. The number of fused-ring (bicyclic) bond motifs is 1. The summed E-state index contributed by atoms with van der Waals surface area (Å²) in [5.74, 6) is 3.01. The summed E-state index contributed by atoms with van der Waals surface area (Å²) >= 11 is 0. The van der Waals surface area contributed by atoms with Crippen molar-refractivity contribution in [2.24, 2.45) is 17.8 Å². The van der Waals surface area contributed by atoms with E-state index in [1.807, 2.05) is 0 Å². The molecule has 2 unspecified atom stereocenters. The quantitative estimate of drug-likeness (QED) is 0.486. The van der Waals surface area contributed by atoms with E-state index in [0.717, 1.165) is 17.8 Å². The summed E-state index contributed by atoms with van der Waals surface area (Å²) in [5, 5.41) is 0. The minimum Gasteiger partial charge on any atom is -0.0848 e. The van der Waals surface area contributed by atoms with Crippen molar-refractivity contribution in [3.05, 3.63) is 11.6 Å². The summed E-state index contributed by atoms with van der Waals surface area (Å²) in [6, 6.07) is 0. The third kappa shape index (κ3) is 1.00. The average Bonchev–Trinajstić information content (AvgIpc) is 2.63. The molecule has 0 aromatic carbocycles. The summed E-state index contributed by atoms with van der Waals surface area (Å²) in [5.41, 5.74) is 1.72. The normalized spacial score (nSPS) is 37.3. The summed E-state index contributed by atoms with van der Waals surface area (Å²) in [7, 11) is 0. The number of hydrogen-bond acceptors (Lipinski definition) is 0. The zero-order valence-corrected chi connectivity index (χ0v) is 6.93. The van der Waals surface area contributed by atoms with E-state index in [1.165, 1.54) is 19.3 Å². The van der Waals surface area contributed by atoms with Crippen LogP contribution in [0, 0.1) is 17.8 Å². The Morgan fingerprint density at radius 2 is 2.20 bits per heavy atom. The van der Waals surface area contributed by atoms with Crippen LogP contribution in [0.4, 0.5) is 0 Å². The highest BCUT2D eigenvalue weighted by Gasteiger charge is 2.38. The summed E-state index contributed by atoms with van der Waals surface area (Å²) in [6.07, 6.45) is 6.81. The third-order valence-corrected chi connectivity index (χ3v) is 2.99. The van der Waals surface area contributed by atoms with Crippen LogP contribution in [0.2, 0.25) is 0 Å². The molecule has 0 radical (unpaired) electrons. The van der Waals surface area contributed by atoms with E-state index < -0.39 is 0 Å². The van der Waals surface area contributed by atoms with Crippen LogP contribution in [0.5, 0.6) is 0 Å². The Labute approximate surface area is 63.3 Å². The fourth-order valence-corrected chi connectivity index (χ4v) is 2.01. The number of hydrogen-bond donors (Lipinski definition) is 0. The molecule has 0 bridgehead atoms. The van der Waals surface area contributed by atoms with Gasteiger partial charge >= 0.3 is 0 Å². The van der Waals surface area contributed by atoms with Gasteiger partial charge in [-0.2, -0.15) is 0 Å². The monoisotopic (exact) mass is 136 g/mol. The van der Waals surface area contributed by atoms with Crippen molar-refractivity contribution < 1.29 is 0 Å². The maximum Gasteiger partial charge on any atom is -0.0260 e. The van der Waals surface area contributed by atoms with E-state index in [9.17, 15) is 0 Å². The maximum absolute atomic E-state index is 2.48. The van der Waals surface area contributed by atoms with Crippen LogP contribution in [0.25, 0.3) is 0 Å². The van der Waals surface area contributed by atoms with Crippen LogP contribution in [0.15, 0.2) is 11.6 Å². The van der Waals surface area contributed by atoms with Gasteiger partial charge in [-0.3, -0.25) is 0 Å². The lowest BCUT2D eigenvalue weighted by atomic mass is 9.92. The fourth-order valence-electron chi connectivity index (χ4n) is 2.01. The Morgan fingerprint density at radius 3 is 2.80 bits per heavy atom. The van der Waals surface area contributed by atoms with Gasteiger partial charge in [-0.05, 0) is 37.0 Å². The maximum atomic E-state index is 2.48. The molecule has 0 saturated heterocycles. The zero-order chi connectivity index (χ0) is 7.14. The van der Waals surface area contributed by atoms with Crippen LogP contribution < -0.4 is 0 Å². The molecular weight excluding hydrogens is 120 g/mol. The molecule has 1 fully saturated rings. The van der Waals surface area contributed by atoms with Crippen molar-refractivity contribution in [1.82, 2.24) is 0 Å². The van der Waals surface area contributed by atoms with Crippen LogP contribution in [-0.4, -0.2) is 0 Å². The predicted molar refractivity (Wildman–Crippen MR) is 43.8 cm³/mol. The van der Waals surface area contributed by atoms with Crippen LogP contribution in [-0.2, 0) is 0 Å². The summed E-state index contributed by atoms with van der Waals surface area (Å²) in [4.78, 5) is 0. The first-order valence-corrected chi connectivity index (χ1v) is 4.46. The van der Waals surface area contributed by atoms with Crippen molar-refractivity contribution in [3.63, 3.8) is 0 Å². The van der Waals surface area contributed by atoms with Gasteiger partial charge in [0.1, 0.15) is 0 Å². The highest BCUT2D eigenvalue weighted by atomic mass is 14.4. The van der Waals surface area contributed by atoms with Gasteiger partial charge in [-0.15, -0.1) is 0 Å². The van der Waals surface area contributed by atoms with Crippen LogP contribution in [0.3, 0.4) is 0 Å². The molecule has 0 aromatic rings. The molecule has 0 aliphatic heterocycles. The minimum atomic E-state index is 0.807. The molecule has 2 aliphatic carbocycles.